The Morgan fingerprint density at radius 3 is 2.84 bits per heavy atom. The number of aryl methyl sites for hydroxylation is 1. The Labute approximate surface area is 114 Å². The van der Waals surface area contributed by atoms with Crippen molar-refractivity contribution in [2.75, 3.05) is 13.7 Å². The number of hydrogen-bond acceptors (Lipinski definition) is 3. The highest BCUT2D eigenvalue weighted by molar-refractivity contribution is 5.88. The van der Waals surface area contributed by atoms with Crippen LogP contribution in [-0.2, 0) is 16.0 Å². The molecule has 0 aliphatic heterocycles. The summed E-state index contributed by atoms with van der Waals surface area (Å²) >= 11 is 0. The van der Waals surface area contributed by atoms with Gasteiger partial charge in [-0.2, -0.15) is 0 Å². The Morgan fingerprint density at radius 1 is 1.47 bits per heavy atom. The van der Waals surface area contributed by atoms with Gasteiger partial charge in [-0.05, 0) is 19.1 Å². The van der Waals surface area contributed by atoms with Crippen LogP contribution in [0.15, 0.2) is 40.9 Å². The molecule has 0 bridgehead atoms. The lowest BCUT2D eigenvalue weighted by atomic mass is 10.2. The molecule has 0 spiro atoms. The molecule has 4 nitrogen and oxygen atoms in total. The first-order valence-electron chi connectivity index (χ1n) is 6.38. The Morgan fingerprint density at radius 2 is 2.26 bits per heavy atom. The zero-order chi connectivity index (χ0) is 14.1. The van der Waals surface area contributed by atoms with Crippen LogP contribution in [0.4, 0.5) is 0 Å². The van der Waals surface area contributed by atoms with E-state index < -0.39 is 0 Å². The molecule has 1 atom stereocenters. The van der Waals surface area contributed by atoms with E-state index in [-0.39, 0.29) is 11.9 Å². The summed E-state index contributed by atoms with van der Waals surface area (Å²) in [6.07, 6.45) is 7.66. The molecule has 1 amide bonds. The average molecular weight is 263 g/mol. The molecule has 0 aliphatic rings. The van der Waals surface area contributed by atoms with E-state index in [1.807, 2.05) is 32.1 Å². The van der Waals surface area contributed by atoms with Gasteiger partial charge in [0, 0.05) is 19.6 Å². The number of rotatable bonds is 7. The summed E-state index contributed by atoms with van der Waals surface area (Å²) in [6.45, 7) is 4.29. The summed E-state index contributed by atoms with van der Waals surface area (Å²) in [5.41, 5.74) is 0. The third-order valence-electron chi connectivity index (χ3n) is 2.58. The number of carbonyl (C=O) groups is 1. The number of amides is 1. The predicted octanol–water partition coefficient (Wildman–Crippen LogP) is 2.78. The molecular weight excluding hydrogens is 242 g/mol. The van der Waals surface area contributed by atoms with E-state index in [0.717, 1.165) is 12.2 Å². The molecule has 1 aromatic heterocycles. The van der Waals surface area contributed by atoms with Gasteiger partial charge in [-0.25, -0.2) is 0 Å². The van der Waals surface area contributed by atoms with E-state index in [2.05, 4.69) is 5.32 Å². The minimum atomic E-state index is -0.270. The van der Waals surface area contributed by atoms with Crippen molar-refractivity contribution in [3.05, 3.63) is 48.0 Å². The standard InChI is InChI=1S/C15H21NO3/c1-4-6-7-8-15(17)16-13(11-18-3)14-10-9-12(5-2)19-14/h4,6-10,13H,5,11H2,1-3H3,(H,16,17)/b6-4+,8-7+. The highest BCUT2D eigenvalue weighted by atomic mass is 16.5. The maximum Gasteiger partial charge on any atom is 0.244 e. The summed E-state index contributed by atoms with van der Waals surface area (Å²) in [5.74, 6) is 1.44. The monoisotopic (exact) mass is 263 g/mol. The molecule has 104 valence electrons. The van der Waals surface area contributed by atoms with Gasteiger partial charge in [0.1, 0.15) is 17.6 Å². The van der Waals surface area contributed by atoms with Gasteiger partial charge in [0.25, 0.3) is 0 Å². The molecule has 19 heavy (non-hydrogen) atoms. The van der Waals surface area contributed by atoms with Gasteiger partial charge in [-0.15, -0.1) is 0 Å². The number of carbonyl (C=O) groups excluding carboxylic acids is 1. The molecular formula is C15H21NO3. The molecule has 4 heteroatoms. The summed E-state index contributed by atoms with van der Waals surface area (Å²) < 4.78 is 10.8. The van der Waals surface area contributed by atoms with Crippen molar-refractivity contribution in [2.45, 2.75) is 26.3 Å². The van der Waals surface area contributed by atoms with Crippen molar-refractivity contribution in [3.8, 4) is 0 Å². The maximum atomic E-state index is 11.7. The van der Waals surface area contributed by atoms with Crippen molar-refractivity contribution >= 4 is 5.91 Å². The highest BCUT2D eigenvalue weighted by Gasteiger charge is 2.16. The van der Waals surface area contributed by atoms with Gasteiger partial charge in [-0.1, -0.05) is 25.2 Å². The van der Waals surface area contributed by atoms with Gasteiger partial charge in [0.15, 0.2) is 0 Å². The topological polar surface area (TPSA) is 51.5 Å². The number of nitrogens with one attached hydrogen (secondary N) is 1. The van der Waals surface area contributed by atoms with Gasteiger partial charge in [0.05, 0.1) is 6.61 Å². The molecule has 1 rings (SSSR count). The molecule has 0 fully saturated rings. The van der Waals surface area contributed by atoms with Crippen LogP contribution in [0.25, 0.3) is 0 Å². The molecule has 1 aromatic rings. The second kappa shape index (κ2) is 8.32. The van der Waals surface area contributed by atoms with Crippen LogP contribution in [-0.4, -0.2) is 19.6 Å². The van der Waals surface area contributed by atoms with Crippen LogP contribution in [0.1, 0.15) is 31.4 Å². The Kier molecular flexibility index (Phi) is 6.68. The number of furan rings is 1. The average Bonchev–Trinajstić information content (AvgIpc) is 2.87. The zero-order valence-corrected chi connectivity index (χ0v) is 11.7. The first-order valence-corrected chi connectivity index (χ1v) is 6.38. The third kappa shape index (κ3) is 5.14. The Hall–Kier alpha value is -1.81. The molecule has 0 aromatic carbocycles. The van der Waals surface area contributed by atoms with Gasteiger partial charge >= 0.3 is 0 Å². The van der Waals surface area contributed by atoms with E-state index in [9.17, 15) is 4.79 Å². The van der Waals surface area contributed by atoms with E-state index in [1.54, 1.807) is 19.3 Å². The first kappa shape index (κ1) is 15.2. The van der Waals surface area contributed by atoms with Crippen LogP contribution in [0.3, 0.4) is 0 Å². The molecule has 1 unspecified atom stereocenters. The summed E-state index contributed by atoms with van der Waals surface area (Å²) in [7, 11) is 1.60. The number of ether oxygens (including phenoxy) is 1. The fraction of sp³-hybridized carbons (Fsp3) is 0.400. The summed E-state index contributed by atoms with van der Waals surface area (Å²) in [4.78, 5) is 11.7. The van der Waals surface area contributed by atoms with Crippen molar-refractivity contribution in [1.82, 2.24) is 5.32 Å². The van der Waals surface area contributed by atoms with Crippen LogP contribution in [0.2, 0.25) is 0 Å². The molecule has 0 saturated carbocycles. The van der Waals surface area contributed by atoms with Crippen molar-refractivity contribution in [1.29, 1.82) is 0 Å². The maximum absolute atomic E-state index is 11.7. The first-order chi connectivity index (χ1) is 9.21. The van der Waals surface area contributed by atoms with E-state index in [0.29, 0.717) is 12.4 Å². The minimum absolute atomic E-state index is 0.172. The van der Waals surface area contributed by atoms with Gasteiger partial charge < -0.3 is 14.5 Å². The van der Waals surface area contributed by atoms with E-state index in [1.165, 1.54) is 6.08 Å². The lowest BCUT2D eigenvalue weighted by Crippen LogP contribution is -2.29. The molecule has 0 aliphatic carbocycles. The SMILES string of the molecule is C/C=C/C=C/C(=O)NC(COC)c1ccc(CC)o1. The van der Waals surface area contributed by atoms with Crippen molar-refractivity contribution < 1.29 is 13.9 Å². The molecule has 1 heterocycles. The second-order valence-electron chi connectivity index (χ2n) is 4.06. The number of methoxy groups -OCH3 is 1. The lowest BCUT2D eigenvalue weighted by Gasteiger charge is -2.14. The number of allylic oxidation sites excluding steroid dienone is 3. The van der Waals surface area contributed by atoms with Gasteiger partial charge in [0.2, 0.25) is 5.91 Å². The highest BCUT2D eigenvalue weighted by Crippen LogP contribution is 2.17. The molecule has 1 N–H and O–H groups in total. The predicted molar refractivity (Wildman–Crippen MR) is 74.8 cm³/mol. The van der Waals surface area contributed by atoms with Crippen LogP contribution < -0.4 is 5.32 Å². The third-order valence-corrected chi connectivity index (χ3v) is 2.58. The summed E-state index contributed by atoms with van der Waals surface area (Å²) in [6, 6.07) is 3.52. The quantitative estimate of drug-likeness (QED) is 0.608. The van der Waals surface area contributed by atoms with Gasteiger partial charge in [-0.3, -0.25) is 4.79 Å². The minimum Gasteiger partial charge on any atom is -0.464 e. The van der Waals surface area contributed by atoms with Crippen molar-refractivity contribution in [3.63, 3.8) is 0 Å². The summed E-state index contributed by atoms with van der Waals surface area (Å²) in [5, 5.41) is 2.85. The normalized spacial score (nSPS) is 13.2. The van der Waals surface area contributed by atoms with Crippen molar-refractivity contribution in [2.24, 2.45) is 0 Å². The lowest BCUT2D eigenvalue weighted by molar-refractivity contribution is -0.117. The van der Waals surface area contributed by atoms with Crippen LogP contribution in [0.5, 0.6) is 0 Å². The largest absolute Gasteiger partial charge is 0.464 e. The van der Waals surface area contributed by atoms with E-state index >= 15 is 0 Å². The Balaban J connectivity index is 2.69. The molecule has 0 radical (unpaired) electrons. The fourth-order valence-corrected chi connectivity index (χ4v) is 1.61. The van der Waals surface area contributed by atoms with E-state index in [4.69, 9.17) is 9.15 Å². The molecule has 0 saturated heterocycles. The Bertz CT molecular complexity index is 446. The van der Waals surface area contributed by atoms with Crippen LogP contribution in [0, 0.1) is 0 Å². The van der Waals surface area contributed by atoms with Crippen LogP contribution >= 0.6 is 0 Å². The number of hydrogen-bond donors (Lipinski definition) is 1. The smallest absolute Gasteiger partial charge is 0.244 e. The second-order valence-corrected chi connectivity index (χ2v) is 4.06. The fourth-order valence-electron chi connectivity index (χ4n) is 1.61. The zero-order valence-electron chi connectivity index (χ0n) is 11.7.